The first-order valence-corrected chi connectivity index (χ1v) is 2.44. The van der Waals surface area contributed by atoms with Crippen LogP contribution in [0.3, 0.4) is 0 Å². The Morgan fingerprint density at radius 3 is 2.29 bits per heavy atom. The number of hydrogen-bond acceptors (Lipinski definition) is 2. The Balaban J connectivity index is 2.39. The van der Waals surface area contributed by atoms with Crippen LogP contribution < -0.4 is 0 Å². The molecule has 7 heavy (non-hydrogen) atoms. The normalized spacial score (nSPS) is 26.6. The van der Waals surface area contributed by atoms with Gasteiger partial charge in [0.1, 0.15) is 10.3 Å². The van der Waals surface area contributed by atoms with Crippen molar-refractivity contribution in [2.75, 3.05) is 0 Å². The van der Waals surface area contributed by atoms with Crippen molar-refractivity contribution < 1.29 is 0 Å². The highest BCUT2D eigenvalue weighted by Gasteiger charge is 2.28. The van der Waals surface area contributed by atoms with E-state index < -0.39 is 0 Å². The Labute approximate surface area is 50.7 Å². The number of nitrogens with one attached hydrogen (secondary N) is 1. The minimum absolute atomic E-state index is 0.00463. The van der Waals surface area contributed by atoms with E-state index in [1.165, 1.54) is 0 Å². The molecule has 1 aliphatic rings. The van der Waals surface area contributed by atoms with Crippen LogP contribution in [0.5, 0.6) is 0 Å². The minimum Gasteiger partial charge on any atom is -0.291 e. The highest BCUT2D eigenvalue weighted by atomic mass is 35.5. The largest absolute Gasteiger partial charge is 0.291 e. The summed E-state index contributed by atoms with van der Waals surface area (Å²) in [7, 11) is 0. The summed E-state index contributed by atoms with van der Waals surface area (Å²) >= 11 is 10.4. The van der Waals surface area contributed by atoms with Gasteiger partial charge in [0, 0.05) is 0 Å². The first-order chi connectivity index (χ1) is 3.22. The van der Waals surface area contributed by atoms with Gasteiger partial charge in [-0.2, -0.15) is 0 Å². The zero-order valence-corrected chi connectivity index (χ0v) is 4.79. The highest BCUT2D eigenvalue weighted by molar-refractivity contribution is 6.80. The molecular weight excluding hydrogens is 135 g/mol. The highest BCUT2D eigenvalue weighted by Crippen LogP contribution is 2.17. The van der Waals surface area contributed by atoms with E-state index in [0.29, 0.717) is 5.17 Å². The molecule has 0 saturated heterocycles. The van der Waals surface area contributed by atoms with Crippen molar-refractivity contribution >= 4 is 33.5 Å². The number of aliphatic imine (C=N–C) groups is 1. The molecule has 1 unspecified atom stereocenters. The molecular formula is C3H2Cl2N2. The molecule has 0 aromatic carbocycles. The fraction of sp³-hybridized carbons (Fsp3) is 0.333. The van der Waals surface area contributed by atoms with Gasteiger partial charge in [-0.25, -0.2) is 0 Å². The van der Waals surface area contributed by atoms with E-state index in [2.05, 4.69) is 4.99 Å². The van der Waals surface area contributed by atoms with Gasteiger partial charge >= 0.3 is 0 Å². The molecule has 0 fully saturated rings. The number of rotatable bonds is 1. The maximum atomic E-state index is 6.71. The molecule has 1 aliphatic heterocycles. The number of hydrogen-bond donors (Lipinski definition) is 1. The zero-order valence-electron chi connectivity index (χ0n) is 3.28. The predicted molar refractivity (Wildman–Crippen MR) is 30.7 cm³/mol. The standard InChI is InChI=1S/C3H2Cl2N2/c4-2(6)1-3(5)7-1/h1,6H. The Hall–Kier alpha value is -0.0800. The fourth-order valence-electron chi connectivity index (χ4n) is 0.247. The lowest BCUT2D eigenvalue weighted by molar-refractivity contribution is 1.33. The molecule has 1 heterocycles. The van der Waals surface area contributed by atoms with Gasteiger partial charge in [0.2, 0.25) is 0 Å². The second-order valence-electron chi connectivity index (χ2n) is 1.20. The van der Waals surface area contributed by atoms with Crippen LogP contribution in [0.4, 0.5) is 0 Å². The molecule has 0 aliphatic carbocycles. The molecule has 1 atom stereocenters. The van der Waals surface area contributed by atoms with Gasteiger partial charge < -0.3 is 0 Å². The molecule has 0 radical (unpaired) electrons. The van der Waals surface area contributed by atoms with Crippen LogP contribution >= 0.6 is 23.2 Å². The molecule has 4 heteroatoms. The van der Waals surface area contributed by atoms with Gasteiger partial charge in [0.15, 0.2) is 6.04 Å². The molecule has 1 rings (SSSR count). The minimum atomic E-state index is -0.275. The summed E-state index contributed by atoms with van der Waals surface area (Å²) in [5, 5.41) is 7.16. The second kappa shape index (κ2) is 1.46. The molecule has 1 N–H and O–H groups in total. The van der Waals surface area contributed by atoms with Crippen LogP contribution in [0.1, 0.15) is 0 Å². The van der Waals surface area contributed by atoms with Crippen molar-refractivity contribution in [2.24, 2.45) is 4.99 Å². The number of halogens is 2. The van der Waals surface area contributed by atoms with Crippen molar-refractivity contribution in [3.63, 3.8) is 0 Å². The Kier molecular flexibility index (Phi) is 1.05. The van der Waals surface area contributed by atoms with Crippen LogP contribution in [0, 0.1) is 5.41 Å². The summed E-state index contributed by atoms with van der Waals surface area (Å²) in [6.07, 6.45) is 0. The van der Waals surface area contributed by atoms with E-state index in [1.54, 1.807) is 0 Å². The van der Waals surface area contributed by atoms with Gasteiger partial charge in [0.25, 0.3) is 0 Å². The second-order valence-corrected chi connectivity index (χ2v) is 2.00. The smallest absolute Gasteiger partial charge is 0.156 e. The third kappa shape index (κ3) is 0.924. The quantitative estimate of drug-likeness (QED) is 0.527. The number of nitrogens with zero attached hydrogens (tertiary/aromatic N) is 1. The van der Waals surface area contributed by atoms with Gasteiger partial charge in [-0.1, -0.05) is 23.2 Å². The van der Waals surface area contributed by atoms with Crippen LogP contribution in [-0.2, 0) is 0 Å². The molecule has 0 spiro atoms. The van der Waals surface area contributed by atoms with Crippen LogP contribution in [0.15, 0.2) is 4.99 Å². The third-order valence-electron chi connectivity index (χ3n) is 0.650. The summed E-state index contributed by atoms with van der Waals surface area (Å²) in [5.74, 6) is 0. The lowest BCUT2D eigenvalue weighted by Crippen LogP contribution is -1.99. The summed E-state index contributed by atoms with van der Waals surface area (Å²) < 4.78 is 0. The van der Waals surface area contributed by atoms with E-state index in [4.69, 9.17) is 28.6 Å². The van der Waals surface area contributed by atoms with Gasteiger partial charge in [-0.3, -0.25) is 10.4 Å². The predicted octanol–water partition coefficient (Wildman–Crippen LogP) is 1.22. The van der Waals surface area contributed by atoms with Crippen molar-refractivity contribution in [3.8, 4) is 0 Å². The van der Waals surface area contributed by atoms with Crippen molar-refractivity contribution in [1.82, 2.24) is 0 Å². The van der Waals surface area contributed by atoms with Crippen molar-refractivity contribution in [1.29, 1.82) is 5.41 Å². The lowest BCUT2D eigenvalue weighted by Gasteiger charge is -1.78. The van der Waals surface area contributed by atoms with E-state index in [1.807, 2.05) is 0 Å². The molecule has 2 nitrogen and oxygen atoms in total. The Morgan fingerprint density at radius 2 is 2.29 bits per heavy atom. The van der Waals surface area contributed by atoms with E-state index >= 15 is 0 Å². The van der Waals surface area contributed by atoms with Crippen LogP contribution in [-0.4, -0.2) is 16.4 Å². The molecule has 0 aromatic heterocycles. The maximum absolute atomic E-state index is 6.71. The van der Waals surface area contributed by atoms with Gasteiger partial charge in [-0.15, -0.1) is 0 Å². The Morgan fingerprint density at radius 1 is 1.86 bits per heavy atom. The Bertz CT molecular complexity index is 140. The molecule has 0 bridgehead atoms. The first kappa shape index (κ1) is 5.06. The topological polar surface area (TPSA) is 36.2 Å². The fourth-order valence-corrected chi connectivity index (χ4v) is 0.662. The van der Waals surface area contributed by atoms with E-state index in [-0.39, 0.29) is 11.2 Å². The van der Waals surface area contributed by atoms with E-state index in [9.17, 15) is 0 Å². The molecule has 0 amide bonds. The van der Waals surface area contributed by atoms with Crippen molar-refractivity contribution in [2.45, 2.75) is 6.04 Å². The average Bonchev–Trinajstić information content (AvgIpc) is 2.17. The summed E-state index contributed by atoms with van der Waals surface area (Å²) in [6.45, 7) is 0. The monoisotopic (exact) mass is 136 g/mol. The first-order valence-electron chi connectivity index (χ1n) is 1.69. The van der Waals surface area contributed by atoms with Crippen LogP contribution in [0.2, 0.25) is 0 Å². The molecule has 0 aromatic rings. The summed E-state index contributed by atoms with van der Waals surface area (Å²) in [6, 6.07) is -0.275. The third-order valence-corrected chi connectivity index (χ3v) is 1.16. The summed E-state index contributed by atoms with van der Waals surface area (Å²) in [5.41, 5.74) is 0. The van der Waals surface area contributed by atoms with Crippen molar-refractivity contribution in [3.05, 3.63) is 0 Å². The average molecular weight is 137 g/mol. The van der Waals surface area contributed by atoms with E-state index in [0.717, 1.165) is 0 Å². The molecule has 0 saturated carbocycles. The summed E-state index contributed by atoms with van der Waals surface area (Å²) in [4.78, 5) is 3.58. The van der Waals surface area contributed by atoms with Gasteiger partial charge in [0.05, 0.1) is 0 Å². The zero-order chi connectivity index (χ0) is 5.44. The van der Waals surface area contributed by atoms with Crippen LogP contribution in [0.25, 0.3) is 0 Å². The van der Waals surface area contributed by atoms with Gasteiger partial charge in [-0.05, 0) is 0 Å². The maximum Gasteiger partial charge on any atom is 0.156 e. The SMILES string of the molecule is N=C(Cl)C1N=C1Cl. The lowest BCUT2D eigenvalue weighted by atomic mass is 10.5. The molecule has 38 valence electrons.